The van der Waals surface area contributed by atoms with Crippen LogP contribution in [0.15, 0.2) is 42.5 Å². The molecule has 2 aromatic rings. The number of anilines is 2. The van der Waals surface area contributed by atoms with Gasteiger partial charge in [0.25, 0.3) is 5.91 Å². The Bertz CT molecular complexity index is 888. The molecule has 6 nitrogen and oxygen atoms in total. The average molecular weight is 504 g/mol. The van der Waals surface area contributed by atoms with E-state index in [4.69, 9.17) is 35.4 Å². The van der Waals surface area contributed by atoms with E-state index < -0.39 is 5.91 Å². The molecule has 0 heterocycles. The second-order valence-electron chi connectivity index (χ2n) is 6.95. The Morgan fingerprint density at radius 3 is 2.03 bits per heavy atom. The van der Waals surface area contributed by atoms with Gasteiger partial charge in [0.2, 0.25) is 5.91 Å². The molecule has 0 fully saturated rings. The number of hydrogen-bond acceptors (Lipinski definition) is 4. The quantitative estimate of drug-likeness (QED) is 0.340. The zero-order valence-electron chi connectivity index (χ0n) is 17.2. The van der Waals surface area contributed by atoms with E-state index in [1.165, 1.54) is 12.1 Å². The lowest BCUT2D eigenvalue weighted by molar-refractivity contribution is -0.116. The number of nitrogens with one attached hydrogen (secondary N) is 3. The van der Waals surface area contributed by atoms with Crippen molar-refractivity contribution in [2.24, 2.45) is 0 Å². The molecule has 2 rings (SSSR count). The van der Waals surface area contributed by atoms with Crippen LogP contribution in [0.2, 0.25) is 10.0 Å². The lowest BCUT2D eigenvalue weighted by atomic mass is 10.2. The second-order valence-corrected chi connectivity index (χ2v) is 8.23. The van der Waals surface area contributed by atoms with E-state index >= 15 is 0 Å². The first-order valence-corrected chi connectivity index (χ1v) is 10.5. The lowest BCUT2D eigenvalue weighted by Gasteiger charge is -2.11. The molecule has 0 saturated carbocycles. The standard InChI is InChI=1S/C21H24Cl2N4O2S.ClH/c1-27(2)10-4-3-5-19(28)24-17-6-8-18(9-7-17)25-21(30)26-20(29)14-11-15(22)13-16(23)12-14;/h6-9,11-13H,3-5,10H2,1-2H3,(H,24,28)(H2,25,26,29,30);1H. The van der Waals surface area contributed by atoms with E-state index in [1.807, 2.05) is 14.1 Å². The summed E-state index contributed by atoms with van der Waals surface area (Å²) in [6.45, 7) is 0.967. The number of benzene rings is 2. The van der Waals surface area contributed by atoms with Gasteiger partial charge in [0.15, 0.2) is 5.11 Å². The van der Waals surface area contributed by atoms with E-state index in [0.717, 1.165) is 19.4 Å². The molecule has 2 amide bonds. The summed E-state index contributed by atoms with van der Waals surface area (Å²) >= 11 is 17.0. The van der Waals surface area contributed by atoms with Gasteiger partial charge in [-0.15, -0.1) is 12.4 Å². The number of carbonyl (C=O) groups excluding carboxylic acids is 2. The zero-order chi connectivity index (χ0) is 22.1. The molecule has 0 atom stereocenters. The fourth-order valence-corrected chi connectivity index (χ4v) is 3.33. The zero-order valence-corrected chi connectivity index (χ0v) is 20.4. The molecule has 0 aliphatic rings. The number of nitrogens with zero attached hydrogens (tertiary/aromatic N) is 1. The van der Waals surface area contributed by atoms with Crippen molar-refractivity contribution in [2.45, 2.75) is 19.3 Å². The maximum Gasteiger partial charge on any atom is 0.257 e. The predicted molar refractivity (Wildman–Crippen MR) is 135 cm³/mol. The minimum Gasteiger partial charge on any atom is -0.332 e. The van der Waals surface area contributed by atoms with Crippen LogP contribution in [-0.4, -0.2) is 42.5 Å². The van der Waals surface area contributed by atoms with Gasteiger partial charge < -0.3 is 15.5 Å². The van der Waals surface area contributed by atoms with E-state index in [-0.39, 0.29) is 23.4 Å². The maximum atomic E-state index is 12.3. The van der Waals surface area contributed by atoms with Crippen LogP contribution in [0.25, 0.3) is 0 Å². The maximum absolute atomic E-state index is 12.3. The van der Waals surface area contributed by atoms with E-state index in [2.05, 4.69) is 20.9 Å². The summed E-state index contributed by atoms with van der Waals surface area (Å²) in [6.07, 6.45) is 2.31. The Morgan fingerprint density at radius 2 is 1.48 bits per heavy atom. The highest BCUT2D eigenvalue weighted by Gasteiger charge is 2.10. The summed E-state index contributed by atoms with van der Waals surface area (Å²) in [5.41, 5.74) is 1.68. The van der Waals surface area contributed by atoms with Gasteiger partial charge in [-0.1, -0.05) is 23.2 Å². The summed E-state index contributed by atoms with van der Waals surface area (Å²) in [7, 11) is 4.03. The highest BCUT2D eigenvalue weighted by molar-refractivity contribution is 7.80. The molecule has 0 aliphatic carbocycles. The van der Waals surface area contributed by atoms with Crippen LogP contribution in [-0.2, 0) is 4.79 Å². The lowest BCUT2D eigenvalue weighted by Crippen LogP contribution is -2.34. The van der Waals surface area contributed by atoms with Crippen molar-refractivity contribution < 1.29 is 9.59 Å². The Balaban J connectivity index is 0.00000480. The molecule has 0 spiro atoms. The number of hydrogen-bond donors (Lipinski definition) is 3. The fraction of sp³-hybridized carbons (Fsp3) is 0.286. The van der Waals surface area contributed by atoms with Crippen molar-refractivity contribution in [3.8, 4) is 0 Å². The van der Waals surface area contributed by atoms with Gasteiger partial charge in [-0.2, -0.15) is 0 Å². The number of unbranched alkanes of at least 4 members (excludes halogenated alkanes) is 1. The topological polar surface area (TPSA) is 73.5 Å². The number of carbonyl (C=O) groups is 2. The van der Waals surface area contributed by atoms with Gasteiger partial charge in [0.1, 0.15) is 0 Å². The molecule has 168 valence electrons. The highest BCUT2D eigenvalue weighted by Crippen LogP contribution is 2.19. The van der Waals surface area contributed by atoms with Crippen molar-refractivity contribution in [2.75, 3.05) is 31.3 Å². The summed E-state index contributed by atoms with van der Waals surface area (Å²) in [4.78, 5) is 26.4. The normalized spacial score (nSPS) is 10.2. The van der Waals surface area contributed by atoms with Crippen molar-refractivity contribution in [1.82, 2.24) is 10.2 Å². The molecular formula is C21H25Cl3N4O2S. The first kappa shape index (κ1) is 27.1. The largest absolute Gasteiger partial charge is 0.332 e. The highest BCUT2D eigenvalue weighted by atomic mass is 35.5. The van der Waals surface area contributed by atoms with Crippen molar-refractivity contribution in [3.63, 3.8) is 0 Å². The average Bonchev–Trinajstić information content (AvgIpc) is 2.66. The molecule has 0 bridgehead atoms. The van der Waals surface area contributed by atoms with E-state index in [0.29, 0.717) is 33.4 Å². The molecule has 0 radical (unpaired) electrons. The number of amides is 2. The Labute approximate surface area is 204 Å². The number of rotatable bonds is 8. The molecule has 10 heteroatoms. The molecule has 2 aromatic carbocycles. The van der Waals surface area contributed by atoms with Gasteiger partial charge in [-0.05, 0) is 88.2 Å². The third-order valence-corrected chi connectivity index (χ3v) is 4.68. The van der Waals surface area contributed by atoms with Crippen LogP contribution in [0, 0.1) is 0 Å². The van der Waals surface area contributed by atoms with Gasteiger partial charge >= 0.3 is 0 Å². The first-order chi connectivity index (χ1) is 14.2. The Kier molecular flexibility index (Phi) is 11.8. The SMILES string of the molecule is CN(C)CCCCC(=O)Nc1ccc(NC(=S)NC(=O)c2cc(Cl)cc(Cl)c2)cc1.Cl. The molecular weight excluding hydrogens is 479 g/mol. The third kappa shape index (κ3) is 10.3. The van der Waals surface area contributed by atoms with Crippen LogP contribution in [0.1, 0.15) is 29.6 Å². The minimum absolute atomic E-state index is 0. The summed E-state index contributed by atoms with van der Waals surface area (Å²) in [6, 6.07) is 11.6. The molecule has 0 aliphatic heterocycles. The molecule has 31 heavy (non-hydrogen) atoms. The smallest absolute Gasteiger partial charge is 0.257 e. The molecule has 0 unspecified atom stereocenters. The van der Waals surface area contributed by atoms with Gasteiger partial charge in [0.05, 0.1) is 0 Å². The Morgan fingerprint density at radius 1 is 0.935 bits per heavy atom. The van der Waals surface area contributed by atoms with Crippen LogP contribution in [0.5, 0.6) is 0 Å². The van der Waals surface area contributed by atoms with Gasteiger partial charge in [0, 0.05) is 33.4 Å². The van der Waals surface area contributed by atoms with Crippen LogP contribution < -0.4 is 16.0 Å². The molecule has 0 aromatic heterocycles. The van der Waals surface area contributed by atoms with Crippen LogP contribution >= 0.6 is 47.8 Å². The summed E-state index contributed by atoms with van der Waals surface area (Å²) in [5.74, 6) is -0.438. The molecule has 0 saturated heterocycles. The number of halogens is 3. The second kappa shape index (κ2) is 13.5. The fourth-order valence-electron chi connectivity index (χ4n) is 2.60. The van der Waals surface area contributed by atoms with Crippen molar-refractivity contribution in [3.05, 3.63) is 58.1 Å². The minimum atomic E-state index is -0.421. The Hall–Kier alpha value is -1.90. The van der Waals surface area contributed by atoms with Crippen LogP contribution in [0.3, 0.4) is 0 Å². The monoisotopic (exact) mass is 502 g/mol. The van der Waals surface area contributed by atoms with Crippen molar-refractivity contribution >= 4 is 76.1 Å². The van der Waals surface area contributed by atoms with Crippen molar-refractivity contribution in [1.29, 1.82) is 0 Å². The summed E-state index contributed by atoms with van der Waals surface area (Å²) < 4.78 is 0. The van der Waals surface area contributed by atoms with Gasteiger partial charge in [-0.25, -0.2) is 0 Å². The van der Waals surface area contributed by atoms with E-state index in [1.54, 1.807) is 30.3 Å². The number of thiocarbonyl (C=S) groups is 1. The third-order valence-electron chi connectivity index (χ3n) is 4.04. The molecule has 3 N–H and O–H groups in total. The first-order valence-electron chi connectivity index (χ1n) is 9.36. The van der Waals surface area contributed by atoms with Gasteiger partial charge in [-0.3, -0.25) is 14.9 Å². The van der Waals surface area contributed by atoms with Crippen LogP contribution in [0.4, 0.5) is 11.4 Å². The van der Waals surface area contributed by atoms with E-state index in [9.17, 15) is 9.59 Å². The predicted octanol–water partition coefficient (Wildman–Crippen LogP) is 5.21. The summed E-state index contributed by atoms with van der Waals surface area (Å²) in [5, 5.41) is 9.22.